The van der Waals surface area contributed by atoms with Gasteiger partial charge in [0.15, 0.2) is 17.5 Å². The van der Waals surface area contributed by atoms with Gasteiger partial charge < -0.3 is 5.73 Å². The molecule has 2 rings (SSSR count). The molecule has 98 valence electrons. The van der Waals surface area contributed by atoms with Crippen molar-refractivity contribution in [1.29, 1.82) is 0 Å². The van der Waals surface area contributed by atoms with Crippen molar-refractivity contribution in [3.05, 3.63) is 29.8 Å². The number of aryl methyl sites for hydroxylation is 1. The number of aromatic nitrogens is 3. The summed E-state index contributed by atoms with van der Waals surface area (Å²) in [5, 5.41) is 7.85. The summed E-state index contributed by atoms with van der Waals surface area (Å²) in [5.41, 5.74) is 13.3. The second-order valence-corrected chi connectivity index (χ2v) is 4.65. The van der Waals surface area contributed by atoms with E-state index in [1.807, 2.05) is 31.2 Å². The first-order valence-corrected chi connectivity index (χ1v) is 6.07. The minimum Gasteiger partial charge on any atom is -0.379 e. The zero-order chi connectivity index (χ0) is 13.8. The van der Waals surface area contributed by atoms with Crippen LogP contribution in [0.2, 0.25) is 0 Å². The molecule has 1 aromatic carbocycles. The third-order valence-electron chi connectivity index (χ3n) is 2.38. The predicted molar refractivity (Wildman–Crippen MR) is 79.4 cm³/mol. The smallest absolute Gasteiger partial charge is 0.191 e. The van der Waals surface area contributed by atoms with Crippen molar-refractivity contribution in [2.24, 2.45) is 0 Å². The Bertz CT molecular complexity index is 596. The molecule has 0 unspecified atom stereocenters. The first-order chi connectivity index (χ1) is 9.06. The Morgan fingerprint density at radius 1 is 1.21 bits per heavy atom. The number of hydrogen-bond donors (Lipinski definition) is 3. The summed E-state index contributed by atoms with van der Waals surface area (Å²) in [6.45, 7) is 3.76. The van der Waals surface area contributed by atoms with Crippen LogP contribution >= 0.6 is 12.2 Å². The quantitative estimate of drug-likeness (QED) is 0.579. The standard InChI is InChI=1S/C12H14N6S/c1-7-3-5-9(6-4-7)11-14-12(10(13)16-17-11)18-15-8(2)19/h3-6H,1-2H3,(H2,13,16)(H,15,19)(H,14,17,18). The lowest BCUT2D eigenvalue weighted by molar-refractivity contribution is 0.972. The van der Waals surface area contributed by atoms with Gasteiger partial charge in [0, 0.05) is 5.56 Å². The third-order valence-corrected chi connectivity index (χ3v) is 2.48. The summed E-state index contributed by atoms with van der Waals surface area (Å²) in [5.74, 6) is 1.11. The fourth-order valence-corrected chi connectivity index (χ4v) is 1.45. The van der Waals surface area contributed by atoms with Gasteiger partial charge in [0.2, 0.25) is 0 Å². The third kappa shape index (κ3) is 3.35. The second kappa shape index (κ2) is 5.57. The van der Waals surface area contributed by atoms with E-state index in [0.29, 0.717) is 16.6 Å². The fraction of sp³-hybridized carbons (Fsp3) is 0.167. The Morgan fingerprint density at radius 2 is 1.89 bits per heavy atom. The van der Waals surface area contributed by atoms with Crippen LogP contribution in [0.1, 0.15) is 12.5 Å². The lowest BCUT2D eigenvalue weighted by Crippen LogP contribution is -2.26. The summed E-state index contributed by atoms with van der Waals surface area (Å²) < 4.78 is 0. The van der Waals surface area contributed by atoms with Gasteiger partial charge in [-0.25, -0.2) is 4.98 Å². The monoisotopic (exact) mass is 274 g/mol. The zero-order valence-electron chi connectivity index (χ0n) is 10.6. The van der Waals surface area contributed by atoms with E-state index in [1.54, 1.807) is 6.92 Å². The van der Waals surface area contributed by atoms with Crippen molar-refractivity contribution in [2.45, 2.75) is 13.8 Å². The van der Waals surface area contributed by atoms with Crippen molar-refractivity contribution in [2.75, 3.05) is 11.2 Å². The molecule has 0 aliphatic carbocycles. The van der Waals surface area contributed by atoms with Gasteiger partial charge >= 0.3 is 0 Å². The highest BCUT2D eigenvalue weighted by Gasteiger charge is 2.07. The van der Waals surface area contributed by atoms with Gasteiger partial charge in [-0.3, -0.25) is 10.9 Å². The van der Waals surface area contributed by atoms with Crippen LogP contribution in [0.15, 0.2) is 24.3 Å². The van der Waals surface area contributed by atoms with E-state index in [1.165, 1.54) is 5.56 Å². The van der Waals surface area contributed by atoms with Gasteiger partial charge in [-0.05, 0) is 13.8 Å². The molecule has 6 nitrogen and oxygen atoms in total. The minimum absolute atomic E-state index is 0.208. The maximum Gasteiger partial charge on any atom is 0.191 e. The van der Waals surface area contributed by atoms with Gasteiger partial charge in [0.25, 0.3) is 0 Å². The van der Waals surface area contributed by atoms with Crippen LogP contribution in [0, 0.1) is 6.92 Å². The molecule has 0 amide bonds. The second-order valence-electron chi connectivity index (χ2n) is 4.04. The van der Waals surface area contributed by atoms with E-state index < -0.39 is 0 Å². The lowest BCUT2D eigenvalue weighted by atomic mass is 10.1. The Kier molecular flexibility index (Phi) is 3.86. The molecular formula is C12H14N6S. The molecule has 19 heavy (non-hydrogen) atoms. The van der Waals surface area contributed by atoms with E-state index in [9.17, 15) is 0 Å². The van der Waals surface area contributed by atoms with Crippen LogP contribution < -0.4 is 16.6 Å². The van der Waals surface area contributed by atoms with Crippen LogP contribution in [-0.4, -0.2) is 20.2 Å². The lowest BCUT2D eigenvalue weighted by Gasteiger charge is -2.09. The maximum absolute atomic E-state index is 5.70. The van der Waals surface area contributed by atoms with Gasteiger partial charge in [0.1, 0.15) is 0 Å². The van der Waals surface area contributed by atoms with Crippen LogP contribution in [0.3, 0.4) is 0 Å². The van der Waals surface area contributed by atoms with Crippen molar-refractivity contribution < 1.29 is 0 Å². The average Bonchev–Trinajstić information content (AvgIpc) is 2.39. The maximum atomic E-state index is 5.70. The van der Waals surface area contributed by atoms with E-state index in [2.05, 4.69) is 26.0 Å². The SMILES string of the molecule is CC(=S)NNc1nc(-c2ccc(C)cc2)nnc1N. The summed E-state index contributed by atoms with van der Waals surface area (Å²) in [7, 11) is 0. The molecule has 0 atom stereocenters. The van der Waals surface area contributed by atoms with E-state index in [-0.39, 0.29) is 5.82 Å². The molecule has 0 spiro atoms. The van der Waals surface area contributed by atoms with Crippen molar-refractivity contribution in [1.82, 2.24) is 20.6 Å². The highest BCUT2D eigenvalue weighted by Crippen LogP contribution is 2.18. The number of nitrogens with two attached hydrogens (primary N) is 1. The number of hydrogen-bond acceptors (Lipinski definition) is 6. The topological polar surface area (TPSA) is 88.8 Å². The summed E-state index contributed by atoms with van der Waals surface area (Å²) in [4.78, 5) is 4.89. The number of thiocarbonyl (C=S) groups is 1. The van der Waals surface area contributed by atoms with Gasteiger partial charge in [0.05, 0.1) is 4.99 Å². The molecule has 0 aliphatic rings. The molecule has 1 aromatic heterocycles. The van der Waals surface area contributed by atoms with Crippen LogP contribution in [-0.2, 0) is 0 Å². The van der Waals surface area contributed by atoms with E-state index >= 15 is 0 Å². The normalized spacial score (nSPS) is 10.0. The molecule has 4 N–H and O–H groups in total. The largest absolute Gasteiger partial charge is 0.379 e. The molecule has 0 saturated heterocycles. The first kappa shape index (κ1) is 13.2. The van der Waals surface area contributed by atoms with Crippen molar-refractivity contribution >= 4 is 28.8 Å². The summed E-state index contributed by atoms with van der Waals surface area (Å²) in [6, 6.07) is 7.84. The molecule has 0 saturated carbocycles. The van der Waals surface area contributed by atoms with Gasteiger partial charge in [-0.1, -0.05) is 42.0 Å². The van der Waals surface area contributed by atoms with Crippen molar-refractivity contribution in [3.8, 4) is 11.4 Å². The number of nitrogens with one attached hydrogen (secondary N) is 2. The number of rotatable bonds is 3. The molecule has 0 fully saturated rings. The number of anilines is 2. The number of hydrazine groups is 1. The summed E-state index contributed by atoms with van der Waals surface area (Å²) >= 11 is 4.90. The Balaban J connectivity index is 2.29. The molecular weight excluding hydrogens is 260 g/mol. The van der Waals surface area contributed by atoms with Gasteiger partial charge in [-0.15, -0.1) is 10.2 Å². The molecule has 1 heterocycles. The van der Waals surface area contributed by atoms with Gasteiger partial charge in [-0.2, -0.15) is 0 Å². The van der Waals surface area contributed by atoms with Crippen LogP contribution in [0.4, 0.5) is 11.6 Å². The molecule has 7 heteroatoms. The number of nitrogens with zero attached hydrogens (tertiary/aromatic N) is 3. The average molecular weight is 274 g/mol. The van der Waals surface area contributed by atoms with Crippen LogP contribution in [0.25, 0.3) is 11.4 Å². The Labute approximate surface area is 116 Å². The van der Waals surface area contributed by atoms with E-state index in [0.717, 1.165) is 5.56 Å². The highest BCUT2D eigenvalue weighted by molar-refractivity contribution is 7.80. The van der Waals surface area contributed by atoms with Crippen LogP contribution in [0.5, 0.6) is 0 Å². The molecule has 0 bridgehead atoms. The zero-order valence-corrected chi connectivity index (χ0v) is 11.5. The molecule has 0 radical (unpaired) electrons. The number of benzene rings is 1. The Hall–Kier alpha value is -2.28. The predicted octanol–water partition coefficient (Wildman–Crippen LogP) is 1.69. The number of nitrogen functional groups attached to an aromatic ring is 1. The minimum atomic E-state index is 0.208. The van der Waals surface area contributed by atoms with E-state index in [4.69, 9.17) is 18.0 Å². The first-order valence-electron chi connectivity index (χ1n) is 5.66. The highest BCUT2D eigenvalue weighted by atomic mass is 32.1. The fourth-order valence-electron chi connectivity index (χ4n) is 1.40. The molecule has 2 aromatic rings. The molecule has 0 aliphatic heterocycles. The Morgan fingerprint density at radius 3 is 2.53 bits per heavy atom. The van der Waals surface area contributed by atoms with Crippen molar-refractivity contribution in [3.63, 3.8) is 0 Å². The summed E-state index contributed by atoms with van der Waals surface area (Å²) in [6.07, 6.45) is 0.